The molecule has 0 spiro atoms. The van der Waals surface area contributed by atoms with Crippen molar-refractivity contribution in [2.24, 2.45) is 0 Å². The van der Waals surface area contributed by atoms with Gasteiger partial charge in [-0.25, -0.2) is 0 Å². The number of H-pyrrole nitrogens is 1. The van der Waals surface area contributed by atoms with Gasteiger partial charge in [-0.2, -0.15) is 18.2 Å². The average molecular weight is 466 g/mol. The summed E-state index contributed by atoms with van der Waals surface area (Å²) in [5.41, 5.74) is 3.11. The van der Waals surface area contributed by atoms with E-state index in [0.29, 0.717) is 16.7 Å². The van der Waals surface area contributed by atoms with Crippen molar-refractivity contribution in [2.45, 2.75) is 31.9 Å². The van der Waals surface area contributed by atoms with Crippen LogP contribution >= 0.6 is 0 Å². The van der Waals surface area contributed by atoms with Crippen LogP contribution in [0.5, 0.6) is 11.8 Å². The zero-order chi connectivity index (χ0) is 23.9. The normalized spacial score (nSPS) is 14.6. The van der Waals surface area contributed by atoms with Gasteiger partial charge in [0.25, 0.3) is 5.56 Å². The van der Waals surface area contributed by atoms with Crippen molar-refractivity contribution in [3.8, 4) is 11.8 Å². The van der Waals surface area contributed by atoms with Crippen molar-refractivity contribution in [1.82, 2.24) is 15.0 Å². The number of rotatable bonds is 4. The molecule has 4 aromatic rings. The number of nitrogens with one attached hydrogen (secondary N) is 1. The van der Waals surface area contributed by atoms with Crippen LogP contribution < -0.4 is 15.2 Å². The van der Waals surface area contributed by atoms with Gasteiger partial charge in [0.15, 0.2) is 0 Å². The number of pyridine rings is 1. The molecule has 0 fully saturated rings. The SMILES string of the molecule is CC(c1ccc2c(c1)CCCN2c1ccc(Oc2nc3cnccc3c(=O)[nH]2)cc1)C(F)(F)F. The van der Waals surface area contributed by atoms with Crippen molar-refractivity contribution in [2.75, 3.05) is 11.4 Å². The Labute approximate surface area is 193 Å². The fraction of sp³-hybridized carbons (Fsp3) is 0.240. The summed E-state index contributed by atoms with van der Waals surface area (Å²) < 4.78 is 45.2. The molecule has 0 radical (unpaired) electrons. The molecule has 6 nitrogen and oxygen atoms in total. The lowest BCUT2D eigenvalue weighted by atomic mass is 9.93. The van der Waals surface area contributed by atoms with Crippen LogP contribution in [0, 0.1) is 0 Å². The van der Waals surface area contributed by atoms with E-state index in [9.17, 15) is 18.0 Å². The van der Waals surface area contributed by atoms with Gasteiger partial charge in [-0.15, -0.1) is 0 Å². The summed E-state index contributed by atoms with van der Waals surface area (Å²) in [7, 11) is 0. The topological polar surface area (TPSA) is 71.1 Å². The van der Waals surface area contributed by atoms with Gasteiger partial charge in [-0.3, -0.25) is 14.8 Å². The Hall–Kier alpha value is -3.88. The summed E-state index contributed by atoms with van der Waals surface area (Å²) >= 11 is 0. The molecular weight excluding hydrogens is 445 g/mol. The van der Waals surface area contributed by atoms with Crippen molar-refractivity contribution < 1.29 is 17.9 Å². The molecule has 0 bridgehead atoms. The Morgan fingerprint density at radius 2 is 1.91 bits per heavy atom. The van der Waals surface area contributed by atoms with Crippen molar-refractivity contribution in [3.05, 3.63) is 82.4 Å². The number of aromatic nitrogens is 3. The number of halogens is 3. The summed E-state index contributed by atoms with van der Waals surface area (Å²) in [5, 5.41) is 0.425. The number of aryl methyl sites for hydroxylation is 1. The van der Waals surface area contributed by atoms with E-state index in [-0.39, 0.29) is 17.1 Å². The summed E-state index contributed by atoms with van der Waals surface area (Å²) in [6.45, 7) is 1.95. The van der Waals surface area contributed by atoms with Crippen LogP contribution in [-0.4, -0.2) is 27.7 Å². The predicted molar refractivity (Wildman–Crippen MR) is 123 cm³/mol. The molecule has 9 heteroatoms. The van der Waals surface area contributed by atoms with Crippen LogP contribution in [0.1, 0.15) is 30.4 Å². The predicted octanol–water partition coefficient (Wildman–Crippen LogP) is 5.86. The number of nitrogens with zero attached hydrogens (tertiary/aromatic N) is 3. The molecule has 174 valence electrons. The average Bonchev–Trinajstić information content (AvgIpc) is 2.83. The number of anilines is 2. The molecule has 1 N–H and O–H groups in total. The van der Waals surface area contributed by atoms with Crippen LogP contribution in [0.25, 0.3) is 10.9 Å². The van der Waals surface area contributed by atoms with Crippen molar-refractivity contribution in [3.63, 3.8) is 0 Å². The minimum absolute atomic E-state index is 0.0629. The van der Waals surface area contributed by atoms with Gasteiger partial charge in [-0.05, 0) is 67.3 Å². The maximum atomic E-state index is 13.2. The first-order valence-corrected chi connectivity index (χ1v) is 10.9. The number of hydrogen-bond acceptors (Lipinski definition) is 5. The maximum Gasteiger partial charge on any atom is 0.395 e. The van der Waals surface area contributed by atoms with E-state index in [1.165, 1.54) is 19.3 Å². The lowest BCUT2D eigenvalue weighted by Crippen LogP contribution is -2.25. The maximum absolute atomic E-state index is 13.2. The lowest BCUT2D eigenvalue weighted by molar-refractivity contribution is -0.146. The van der Waals surface area contributed by atoms with Gasteiger partial charge in [0.1, 0.15) is 5.75 Å². The highest BCUT2D eigenvalue weighted by atomic mass is 19.4. The number of benzene rings is 2. The van der Waals surface area contributed by atoms with Crippen LogP contribution in [-0.2, 0) is 6.42 Å². The van der Waals surface area contributed by atoms with Gasteiger partial charge < -0.3 is 9.64 Å². The summed E-state index contributed by atoms with van der Waals surface area (Å²) in [6, 6.07) is 13.9. The monoisotopic (exact) mass is 466 g/mol. The highest BCUT2D eigenvalue weighted by molar-refractivity contribution is 5.76. The first-order chi connectivity index (χ1) is 16.3. The molecule has 3 heterocycles. The molecule has 5 rings (SSSR count). The summed E-state index contributed by atoms with van der Waals surface area (Å²) in [4.78, 5) is 25.2. The second kappa shape index (κ2) is 8.48. The number of alkyl halides is 3. The number of ether oxygens (including phenoxy) is 1. The zero-order valence-corrected chi connectivity index (χ0v) is 18.3. The molecule has 0 saturated carbocycles. The summed E-state index contributed by atoms with van der Waals surface area (Å²) in [6.07, 6.45) is 0.329. The Morgan fingerprint density at radius 3 is 2.68 bits per heavy atom. The largest absolute Gasteiger partial charge is 0.426 e. The van der Waals surface area contributed by atoms with E-state index < -0.39 is 12.1 Å². The van der Waals surface area contributed by atoms with Crippen LogP contribution in [0.4, 0.5) is 24.5 Å². The Morgan fingerprint density at radius 1 is 1.12 bits per heavy atom. The van der Waals surface area contributed by atoms with E-state index in [2.05, 4.69) is 19.9 Å². The molecule has 1 aliphatic rings. The molecule has 2 aromatic carbocycles. The molecule has 1 unspecified atom stereocenters. The van der Waals surface area contributed by atoms with E-state index >= 15 is 0 Å². The Balaban J connectivity index is 1.38. The fourth-order valence-electron chi connectivity index (χ4n) is 4.17. The lowest BCUT2D eigenvalue weighted by Gasteiger charge is -2.32. The molecule has 0 amide bonds. The minimum Gasteiger partial charge on any atom is -0.426 e. The van der Waals surface area contributed by atoms with E-state index in [1.807, 2.05) is 12.1 Å². The van der Waals surface area contributed by atoms with Gasteiger partial charge >= 0.3 is 12.2 Å². The first kappa shape index (κ1) is 21.9. The van der Waals surface area contributed by atoms with Crippen molar-refractivity contribution in [1.29, 1.82) is 0 Å². The van der Waals surface area contributed by atoms with Crippen molar-refractivity contribution >= 4 is 22.3 Å². The second-order valence-electron chi connectivity index (χ2n) is 8.27. The number of hydrogen-bond donors (Lipinski definition) is 1. The van der Waals surface area contributed by atoms with Crippen LogP contribution in [0.15, 0.2) is 65.7 Å². The van der Waals surface area contributed by atoms with E-state index in [4.69, 9.17) is 4.74 Å². The third-order valence-electron chi connectivity index (χ3n) is 6.06. The quantitative estimate of drug-likeness (QED) is 0.408. The second-order valence-corrected chi connectivity index (χ2v) is 8.27. The first-order valence-electron chi connectivity index (χ1n) is 10.9. The van der Waals surface area contributed by atoms with Gasteiger partial charge in [0, 0.05) is 24.1 Å². The van der Waals surface area contributed by atoms with Gasteiger partial charge in [0.2, 0.25) is 0 Å². The molecule has 2 aromatic heterocycles. The Kier molecular flexibility index (Phi) is 5.47. The standard InChI is InChI=1S/C25H21F3N4O2/c1-15(25(26,27)28)16-4-9-22-17(13-16)3-2-12-32(22)18-5-7-19(8-6-18)34-24-30-21-14-29-11-10-20(21)23(33)31-24/h4-11,13-15H,2-3,12H2,1H3,(H,30,31,33). The third-order valence-corrected chi connectivity index (χ3v) is 6.06. The summed E-state index contributed by atoms with van der Waals surface area (Å²) in [5.74, 6) is -1.02. The van der Waals surface area contributed by atoms with Crippen LogP contribution in [0.3, 0.4) is 0 Å². The highest BCUT2D eigenvalue weighted by Gasteiger charge is 2.37. The molecule has 1 atom stereocenters. The smallest absolute Gasteiger partial charge is 0.395 e. The minimum atomic E-state index is -4.26. The van der Waals surface area contributed by atoms with E-state index in [0.717, 1.165) is 36.3 Å². The molecule has 0 saturated heterocycles. The molecule has 0 aliphatic carbocycles. The van der Waals surface area contributed by atoms with E-state index in [1.54, 1.807) is 36.4 Å². The fourth-order valence-corrected chi connectivity index (χ4v) is 4.17. The van der Waals surface area contributed by atoms with Crippen LogP contribution in [0.2, 0.25) is 0 Å². The third kappa shape index (κ3) is 4.21. The Bertz CT molecular complexity index is 1400. The van der Waals surface area contributed by atoms with Gasteiger partial charge in [0.05, 0.1) is 23.0 Å². The number of fused-ring (bicyclic) bond motifs is 2. The highest BCUT2D eigenvalue weighted by Crippen LogP contribution is 2.39. The zero-order valence-electron chi connectivity index (χ0n) is 18.3. The van der Waals surface area contributed by atoms with Gasteiger partial charge in [-0.1, -0.05) is 12.1 Å². The molecule has 34 heavy (non-hydrogen) atoms. The molecular formula is C25H21F3N4O2. The number of aromatic amines is 1. The molecule has 1 aliphatic heterocycles.